The normalized spacial score (nSPS) is 13.3. The second-order valence-electron chi connectivity index (χ2n) is 8.76. The summed E-state index contributed by atoms with van der Waals surface area (Å²) in [5, 5.41) is 5.28. The molecule has 2 rings (SSSR count). The largest absolute Gasteiger partial charge is 0.416 e. The molecule has 1 unspecified atom stereocenters. The summed E-state index contributed by atoms with van der Waals surface area (Å²) >= 11 is 0. The molecule has 4 N–H and O–H groups in total. The average molecular weight is 518 g/mol. The molecule has 1 amide bonds. The van der Waals surface area contributed by atoms with Crippen LogP contribution in [0.1, 0.15) is 69.4 Å². The lowest BCUT2D eigenvalue weighted by Gasteiger charge is -2.14. The summed E-state index contributed by atoms with van der Waals surface area (Å²) < 4.78 is 80.3. The van der Waals surface area contributed by atoms with Gasteiger partial charge in [0.15, 0.2) is 5.82 Å². The van der Waals surface area contributed by atoms with E-state index < -0.39 is 35.8 Å². The maximum atomic E-state index is 14.7. The number of carbonyl (C=O) groups excluding carboxylic acids is 1. The fourth-order valence-corrected chi connectivity index (χ4v) is 3.64. The monoisotopic (exact) mass is 517 g/mol. The summed E-state index contributed by atoms with van der Waals surface area (Å²) in [6, 6.07) is 7.23. The van der Waals surface area contributed by atoms with Crippen molar-refractivity contribution in [1.82, 2.24) is 0 Å². The Bertz CT molecular complexity index is 965. The summed E-state index contributed by atoms with van der Waals surface area (Å²) in [4.78, 5) is 12.2. The van der Waals surface area contributed by atoms with Gasteiger partial charge in [-0.3, -0.25) is 4.79 Å². The SMILES string of the molecule is CCCCCC(F)[C@H](F)CCCCC(=O)Nc1ccc(NCc2ccc(C(F)(F)F)cc2)c(F)c1N. The fraction of sp³-hybridized carbons (Fsp3) is 0.500. The molecular weight excluding hydrogens is 484 g/mol. The van der Waals surface area contributed by atoms with Crippen LogP contribution in [0.4, 0.5) is 43.4 Å². The third-order valence-corrected chi connectivity index (χ3v) is 5.83. The van der Waals surface area contributed by atoms with Crippen molar-refractivity contribution in [3.05, 3.63) is 53.3 Å². The third kappa shape index (κ3) is 9.28. The van der Waals surface area contributed by atoms with E-state index in [4.69, 9.17) is 5.73 Å². The van der Waals surface area contributed by atoms with Crippen molar-refractivity contribution < 1.29 is 31.1 Å². The van der Waals surface area contributed by atoms with Crippen molar-refractivity contribution in [1.29, 1.82) is 0 Å². The zero-order valence-electron chi connectivity index (χ0n) is 20.2. The first-order valence-corrected chi connectivity index (χ1v) is 12.1. The second-order valence-corrected chi connectivity index (χ2v) is 8.76. The lowest BCUT2D eigenvalue weighted by molar-refractivity contribution is -0.137. The highest BCUT2D eigenvalue weighted by Crippen LogP contribution is 2.30. The molecule has 0 radical (unpaired) electrons. The molecule has 0 aliphatic carbocycles. The lowest BCUT2D eigenvalue weighted by atomic mass is 10.0. The first kappa shape index (κ1) is 29.3. The molecule has 36 heavy (non-hydrogen) atoms. The van der Waals surface area contributed by atoms with E-state index in [0.29, 0.717) is 24.8 Å². The van der Waals surface area contributed by atoms with Gasteiger partial charge >= 0.3 is 6.18 Å². The summed E-state index contributed by atoms with van der Waals surface area (Å²) in [5.41, 5.74) is 5.33. The molecule has 0 saturated heterocycles. The van der Waals surface area contributed by atoms with Crippen molar-refractivity contribution in [3.63, 3.8) is 0 Å². The molecule has 2 aromatic carbocycles. The quantitative estimate of drug-likeness (QED) is 0.136. The Hall–Kier alpha value is -2.91. The Morgan fingerprint density at radius 3 is 2.08 bits per heavy atom. The van der Waals surface area contributed by atoms with Gasteiger partial charge in [0.25, 0.3) is 0 Å². The smallest absolute Gasteiger partial charge is 0.395 e. The maximum absolute atomic E-state index is 14.7. The van der Waals surface area contributed by atoms with Crippen molar-refractivity contribution in [2.45, 2.75) is 83.4 Å². The molecule has 0 aliphatic rings. The molecule has 0 heterocycles. The number of nitrogens with two attached hydrogens (primary N) is 1. The van der Waals surface area contributed by atoms with Gasteiger partial charge < -0.3 is 16.4 Å². The Labute approximate surface area is 207 Å². The van der Waals surface area contributed by atoms with E-state index in [1.54, 1.807) is 0 Å². The molecule has 200 valence electrons. The second kappa shape index (κ2) is 14.0. The van der Waals surface area contributed by atoms with E-state index in [1.807, 2.05) is 6.92 Å². The van der Waals surface area contributed by atoms with Crippen LogP contribution in [0, 0.1) is 5.82 Å². The van der Waals surface area contributed by atoms with Crippen LogP contribution in [0.2, 0.25) is 0 Å². The van der Waals surface area contributed by atoms with Crippen molar-refractivity contribution >= 4 is 23.0 Å². The predicted octanol–water partition coefficient (Wildman–Crippen LogP) is 7.79. The van der Waals surface area contributed by atoms with E-state index in [-0.39, 0.29) is 42.9 Å². The number of amides is 1. The maximum Gasteiger partial charge on any atom is 0.416 e. The number of hydrogen-bond donors (Lipinski definition) is 3. The number of alkyl halides is 5. The van der Waals surface area contributed by atoms with Gasteiger partial charge in [-0.05, 0) is 55.5 Å². The average Bonchev–Trinajstić information content (AvgIpc) is 2.84. The van der Waals surface area contributed by atoms with Gasteiger partial charge in [0, 0.05) is 13.0 Å². The Kier molecular flexibility index (Phi) is 11.4. The van der Waals surface area contributed by atoms with E-state index in [9.17, 15) is 31.1 Å². The summed E-state index contributed by atoms with van der Waals surface area (Å²) in [5.74, 6) is -1.24. The minimum absolute atomic E-state index is 0.0269. The highest BCUT2D eigenvalue weighted by atomic mass is 19.4. The van der Waals surface area contributed by atoms with Crippen LogP contribution >= 0.6 is 0 Å². The Balaban J connectivity index is 1.80. The van der Waals surface area contributed by atoms with Crippen molar-refractivity contribution in [2.75, 3.05) is 16.4 Å². The topological polar surface area (TPSA) is 67.2 Å². The minimum atomic E-state index is -4.44. The zero-order valence-corrected chi connectivity index (χ0v) is 20.2. The van der Waals surface area contributed by atoms with Gasteiger partial charge in [-0.25, -0.2) is 13.2 Å². The first-order valence-electron chi connectivity index (χ1n) is 12.1. The Morgan fingerprint density at radius 2 is 1.50 bits per heavy atom. The van der Waals surface area contributed by atoms with Gasteiger partial charge in [-0.1, -0.05) is 38.3 Å². The standard InChI is InChI=1S/C26H33F6N3O/c1-2-3-4-7-19(27)20(28)8-5-6-9-23(36)35-22-15-14-21(24(29)25(22)33)34-16-17-10-12-18(13-11-17)26(30,31)32/h10-15,19-20,34H,2-9,16,33H2,1H3,(H,35,36)/t19?,20-/m1/s1. The molecule has 0 bridgehead atoms. The van der Waals surface area contributed by atoms with Crippen LogP contribution in [0.15, 0.2) is 36.4 Å². The van der Waals surface area contributed by atoms with Crippen LogP contribution in [-0.2, 0) is 17.5 Å². The Morgan fingerprint density at radius 1 is 0.917 bits per heavy atom. The van der Waals surface area contributed by atoms with Gasteiger partial charge in [0.05, 0.1) is 22.6 Å². The number of carbonyl (C=O) groups is 1. The van der Waals surface area contributed by atoms with Crippen LogP contribution in [0.3, 0.4) is 0 Å². The van der Waals surface area contributed by atoms with Crippen LogP contribution in [-0.4, -0.2) is 18.3 Å². The molecule has 0 spiro atoms. The number of rotatable bonds is 14. The zero-order chi connectivity index (χ0) is 26.7. The molecule has 0 aromatic heterocycles. The molecule has 0 fully saturated rings. The van der Waals surface area contributed by atoms with E-state index in [0.717, 1.165) is 25.0 Å². The molecule has 0 aliphatic heterocycles. The predicted molar refractivity (Wildman–Crippen MR) is 131 cm³/mol. The van der Waals surface area contributed by atoms with Crippen LogP contribution in [0.5, 0.6) is 0 Å². The minimum Gasteiger partial charge on any atom is -0.395 e. The number of benzene rings is 2. The highest BCUT2D eigenvalue weighted by molar-refractivity contribution is 5.94. The third-order valence-electron chi connectivity index (χ3n) is 5.83. The number of unbranched alkanes of at least 4 members (excludes halogenated alkanes) is 3. The number of nitrogens with one attached hydrogen (secondary N) is 2. The van der Waals surface area contributed by atoms with Crippen LogP contribution < -0.4 is 16.4 Å². The lowest BCUT2D eigenvalue weighted by Crippen LogP contribution is -2.18. The summed E-state index contributed by atoms with van der Waals surface area (Å²) in [6.07, 6.45) is -4.02. The summed E-state index contributed by atoms with van der Waals surface area (Å²) in [7, 11) is 0. The van der Waals surface area contributed by atoms with Crippen molar-refractivity contribution in [3.8, 4) is 0 Å². The molecule has 0 saturated carbocycles. The van der Waals surface area contributed by atoms with Gasteiger partial charge in [-0.2, -0.15) is 13.2 Å². The number of anilines is 3. The summed E-state index contributed by atoms with van der Waals surface area (Å²) in [6.45, 7) is 2.06. The number of nitrogen functional groups attached to an aromatic ring is 1. The molecule has 4 nitrogen and oxygen atoms in total. The molecule has 2 atom stereocenters. The van der Waals surface area contributed by atoms with Crippen LogP contribution in [0.25, 0.3) is 0 Å². The van der Waals surface area contributed by atoms with Gasteiger partial charge in [-0.15, -0.1) is 0 Å². The van der Waals surface area contributed by atoms with E-state index >= 15 is 0 Å². The van der Waals surface area contributed by atoms with Crippen molar-refractivity contribution in [2.24, 2.45) is 0 Å². The fourth-order valence-electron chi connectivity index (χ4n) is 3.64. The number of halogens is 6. The highest BCUT2D eigenvalue weighted by Gasteiger charge is 2.29. The van der Waals surface area contributed by atoms with Gasteiger partial charge in [0.2, 0.25) is 5.91 Å². The number of hydrogen-bond acceptors (Lipinski definition) is 3. The van der Waals surface area contributed by atoms with E-state index in [1.165, 1.54) is 24.3 Å². The molecular formula is C26H33F6N3O. The molecule has 10 heteroatoms. The first-order chi connectivity index (χ1) is 17.0. The van der Waals surface area contributed by atoms with E-state index in [2.05, 4.69) is 10.6 Å². The van der Waals surface area contributed by atoms with Gasteiger partial charge in [0.1, 0.15) is 12.3 Å². The molecule has 2 aromatic rings.